The van der Waals surface area contributed by atoms with Crippen molar-refractivity contribution < 1.29 is 43.0 Å². The number of likely N-dealkylation sites (tertiary alicyclic amines) is 1. The van der Waals surface area contributed by atoms with E-state index in [0.717, 1.165) is 36.7 Å². The average Bonchev–Trinajstić information content (AvgIpc) is 3.13. The Labute approximate surface area is 221 Å². The number of aromatic hydroxyl groups is 1. The van der Waals surface area contributed by atoms with Gasteiger partial charge in [-0.15, -0.1) is 0 Å². The summed E-state index contributed by atoms with van der Waals surface area (Å²) in [6.45, 7) is 2.27. The van der Waals surface area contributed by atoms with E-state index in [1.807, 2.05) is 13.0 Å². The summed E-state index contributed by atoms with van der Waals surface area (Å²) in [5, 5.41) is 20.1. The zero-order valence-electron chi connectivity index (χ0n) is 21.8. The van der Waals surface area contributed by atoms with Crippen LogP contribution in [0.1, 0.15) is 44.6 Å². The molecule has 3 amide bonds. The van der Waals surface area contributed by atoms with Crippen LogP contribution in [0.3, 0.4) is 0 Å². The summed E-state index contributed by atoms with van der Waals surface area (Å²) in [7, 11) is 1.52. The van der Waals surface area contributed by atoms with Crippen LogP contribution in [0.5, 0.6) is 5.75 Å². The maximum atomic E-state index is 13.9. The number of benzene rings is 1. The Hall–Kier alpha value is -3.02. The molecule has 0 spiro atoms. The van der Waals surface area contributed by atoms with Gasteiger partial charge >= 0.3 is 13.2 Å². The zero-order chi connectivity index (χ0) is 27.6. The van der Waals surface area contributed by atoms with Gasteiger partial charge in [-0.05, 0) is 66.8 Å². The van der Waals surface area contributed by atoms with Gasteiger partial charge in [0.25, 0.3) is 0 Å². The Morgan fingerprint density at radius 2 is 2.00 bits per heavy atom. The standard InChI is InChI=1S/C27H33BFNO8/c1-4-5-15(10-16-6-8-21(31)20(29)11-16)7-9-22-23-17(14-36-2)12-18-24(19(23)13-28(35)38-22)26(33)30(25(18)32)27(34)37-3/h6,8,10-11,18-19,22,24,31,35H,4-5,7,9,12-14H2,1-3H3/b15-10+/t18-,19+,22-,24-/m1/s1. The van der Waals surface area contributed by atoms with Crippen LogP contribution in [0, 0.1) is 23.6 Å². The minimum Gasteiger partial charge on any atom is -0.505 e. The summed E-state index contributed by atoms with van der Waals surface area (Å²) in [4.78, 5) is 39.1. The van der Waals surface area contributed by atoms with E-state index in [9.17, 15) is 28.9 Å². The number of carbonyl (C=O) groups is 3. The van der Waals surface area contributed by atoms with Crippen molar-refractivity contribution >= 4 is 31.1 Å². The molecule has 2 saturated heterocycles. The molecule has 0 saturated carbocycles. The summed E-state index contributed by atoms with van der Waals surface area (Å²) in [6, 6.07) is 4.23. The fourth-order valence-corrected chi connectivity index (χ4v) is 6.10. The zero-order valence-corrected chi connectivity index (χ0v) is 21.8. The smallest absolute Gasteiger partial charge is 0.455 e. The monoisotopic (exact) mass is 529 g/mol. The number of fused-ring (bicyclic) bond motifs is 3. The molecule has 11 heteroatoms. The molecule has 2 N–H and O–H groups in total. The van der Waals surface area contributed by atoms with Crippen molar-refractivity contribution in [2.24, 2.45) is 17.8 Å². The van der Waals surface area contributed by atoms with Gasteiger partial charge in [-0.3, -0.25) is 9.59 Å². The number of phenols is 1. The third-order valence-corrected chi connectivity index (χ3v) is 7.62. The van der Waals surface area contributed by atoms with Crippen molar-refractivity contribution in [3.05, 3.63) is 46.3 Å². The second-order valence-electron chi connectivity index (χ2n) is 10.0. The molecule has 38 heavy (non-hydrogen) atoms. The normalized spacial score (nSPS) is 25.6. The van der Waals surface area contributed by atoms with Crippen molar-refractivity contribution in [1.82, 2.24) is 4.90 Å². The molecule has 1 aromatic carbocycles. The third-order valence-electron chi connectivity index (χ3n) is 7.62. The number of methoxy groups -OCH3 is 2. The highest BCUT2D eigenvalue weighted by Gasteiger charge is 2.59. The second kappa shape index (κ2) is 11.8. The lowest BCUT2D eigenvalue weighted by Gasteiger charge is -2.43. The lowest BCUT2D eigenvalue weighted by Crippen LogP contribution is -2.46. The summed E-state index contributed by atoms with van der Waals surface area (Å²) >= 11 is 0. The Morgan fingerprint density at radius 3 is 2.66 bits per heavy atom. The van der Waals surface area contributed by atoms with Crippen LogP contribution in [0.25, 0.3) is 6.08 Å². The molecule has 4 rings (SSSR count). The summed E-state index contributed by atoms with van der Waals surface area (Å²) in [5.74, 6) is -4.31. The lowest BCUT2D eigenvalue weighted by molar-refractivity contribution is -0.137. The van der Waals surface area contributed by atoms with Gasteiger partial charge in [0.1, 0.15) is 0 Å². The van der Waals surface area contributed by atoms with Crippen LogP contribution in [-0.4, -0.2) is 67.0 Å². The number of ether oxygens (including phenoxy) is 2. The van der Waals surface area contributed by atoms with E-state index < -0.39 is 60.5 Å². The van der Waals surface area contributed by atoms with Gasteiger partial charge in [0.15, 0.2) is 11.6 Å². The molecule has 2 aliphatic heterocycles. The number of amides is 3. The lowest BCUT2D eigenvalue weighted by atomic mass is 9.58. The number of halogens is 1. The van der Waals surface area contributed by atoms with Gasteiger partial charge in [0, 0.05) is 7.11 Å². The molecule has 2 heterocycles. The molecular formula is C27H33BFNO8. The van der Waals surface area contributed by atoms with E-state index in [-0.39, 0.29) is 19.3 Å². The topological polar surface area (TPSA) is 123 Å². The van der Waals surface area contributed by atoms with Crippen LogP contribution in [0.15, 0.2) is 34.9 Å². The number of hydrogen-bond acceptors (Lipinski definition) is 8. The Balaban J connectivity index is 1.63. The fourth-order valence-electron chi connectivity index (χ4n) is 6.10. The highest BCUT2D eigenvalue weighted by Crippen LogP contribution is 2.50. The number of hydrogen-bond donors (Lipinski definition) is 2. The third kappa shape index (κ3) is 5.41. The highest BCUT2D eigenvalue weighted by molar-refractivity contribution is 6.43. The van der Waals surface area contributed by atoms with Gasteiger partial charge < -0.3 is 24.3 Å². The van der Waals surface area contributed by atoms with Crippen LogP contribution < -0.4 is 0 Å². The molecule has 0 radical (unpaired) electrons. The van der Waals surface area contributed by atoms with E-state index in [2.05, 4.69) is 4.74 Å². The maximum Gasteiger partial charge on any atom is 0.455 e. The van der Waals surface area contributed by atoms with Gasteiger partial charge in [-0.25, -0.2) is 9.18 Å². The highest BCUT2D eigenvalue weighted by atomic mass is 19.1. The SMILES string of the molecule is CCC/C(=C\c1ccc(O)c(F)c1)CC[C@H]1OB(O)C[C@H]2C1=C(COC)C[C@H]1C(=O)N(C(=O)OC)C(=O)[C@H]12. The number of imide groups is 3. The molecule has 0 aromatic heterocycles. The molecule has 0 unspecified atom stereocenters. The van der Waals surface area contributed by atoms with Crippen LogP contribution >= 0.6 is 0 Å². The number of allylic oxidation sites excluding steroid dienone is 1. The molecule has 0 bridgehead atoms. The van der Waals surface area contributed by atoms with E-state index in [1.54, 1.807) is 13.2 Å². The first-order chi connectivity index (χ1) is 18.2. The van der Waals surface area contributed by atoms with Gasteiger partial charge in [0.05, 0.1) is 31.7 Å². The molecule has 1 aromatic rings. The largest absolute Gasteiger partial charge is 0.505 e. The minimum absolute atomic E-state index is 0.124. The molecule has 9 nitrogen and oxygen atoms in total. The quantitative estimate of drug-likeness (QED) is 0.297. The molecule has 2 fully saturated rings. The molecule has 3 aliphatic rings. The Kier molecular flexibility index (Phi) is 8.69. The van der Waals surface area contributed by atoms with Crippen LogP contribution in [-0.2, 0) is 23.7 Å². The van der Waals surface area contributed by atoms with Gasteiger partial charge in [-0.2, -0.15) is 4.90 Å². The first-order valence-corrected chi connectivity index (χ1v) is 12.9. The summed E-state index contributed by atoms with van der Waals surface area (Å²) in [5.41, 5.74) is 3.36. The van der Waals surface area contributed by atoms with Crippen molar-refractivity contribution in [3.8, 4) is 5.75 Å². The molecular weight excluding hydrogens is 496 g/mol. The second-order valence-corrected chi connectivity index (χ2v) is 10.0. The van der Waals surface area contributed by atoms with Crippen molar-refractivity contribution in [1.29, 1.82) is 0 Å². The predicted molar refractivity (Wildman–Crippen MR) is 136 cm³/mol. The van der Waals surface area contributed by atoms with E-state index in [0.29, 0.717) is 23.3 Å². The first-order valence-electron chi connectivity index (χ1n) is 12.9. The molecule has 1 aliphatic carbocycles. The number of carbonyl (C=O) groups excluding carboxylic acids is 3. The van der Waals surface area contributed by atoms with Crippen molar-refractivity contribution in [2.75, 3.05) is 20.8 Å². The number of phenolic OH excluding ortho intramolecular Hbond substituents is 1. The maximum absolute atomic E-state index is 13.9. The first kappa shape index (κ1) is 28.0. The predicted octanol–water partition coefficient (Wildman–Crippen LogP) is 3.70. The molecule has 204 valence electrons. The van der Waals surface area contributed by atoms with E-state index in [1.165, 1.54) is 12.1 Å². The van der Waals surface area contributed by atoms with Crippen LogP contribution in [0.2, 0.25) is 6.32 Å². The van der Waals surface area contributed by atoms with Crippen molar-refractivity contribution in [2.45, 2.75) is 51.5 Å². The van der Waals surface area contributed by atoms with Gasteiger partial charge in [-0.1, -0.05) is 31.1 Å². The Bertz CT molecular complexity index is 1170. The Morgan fingerprint density at radius 1 is 1.24 bits per heavy atom. The van der Waals surface area contributed by atoms with Gasteiger partial charge in [0.2, 0.25) is 11.8 Å². The minimum atomic E-state index is -1.14. The molecule has 4 atom stereocenters. The number of nitrogens with zero attached hydrogens (tertiary/aromatic N) is 1. The van der Waals surface area contributed by atoms with Crippen LogP contribution in [0.4, 0.5) is 9.18 Å². The summed E-state index contributed by atoms with van der Waals surface area (Å²) in [6.07, 6.45) is 3.43. The van der Waals surface area contributed by atoms with Crippen molar-refractivity contribution in [3.63, 3.8) is 0 Å². The van der Waals surface area contributed by atoms with E-state index >= 15 is 0 Å². The average molecular weight is 529 g/mol. The summed E-state index contributed by atoms with van der Waals surface area (Å²) < 4.78 is 30.0. The number of rotatable bonds is 8. The fraction of sp³-hybridized carbons (Fsp3) is 0.519. The van der Waals surface area contributed by atoms with E-state index in [4.69, 9.17) is 9.39 Å².